The quantitative estimate of drug-likeness (QED) is 0.622. The van der Waals surface area contributed by atoms with Crippen LogP contribution in [-0.4, -0.2) is 35.0 Å². The van der Waals surface area contributed by atoms with Gasteiger partial charge in [0.25, 0.3) is 0 Å². The summed E-state index contributed by atoms with van der Waals surface area (Å²) in [5.41, 5.74) is -0.593. The number of amides is 1. The third-order valence-corrected chi connectivity index (χ3v) is 2.39. The van der Waals surface area contributed by atoms with Gasteiger partial charge in [0.05, 0.1) is 12.1 Å². The molecule has 0 spiro atoms. The summed E-state index contributed by atoms with van der Waals surface area (Å²) in [4.78, 5) is 24.6. The standard InChI is InChI=1S/C11H16N2O3/c1-7-9(14)8(5-12)6-13(7)10(15)16-11(2,3)4/h7-8H,6H2,1-4H3/t7-,8?/m0/s1. The first-order valence-electron chi connectivity index (χ1n) is 5.19. The van der Waals surface area contributed by atoms with E-state index in [9.17, 15) is 9.59 Å². The predicted molar refractivity (Wildman–Crippen MR) is 56.5 cm³/mol. The van der Waals surface area contributed by atoms with E-state index in [4.69, 9.17) is 10.00 Å². The number of carbonyl (C=O) groups is 2. The minimum atomic E-state index is -0.720. The molecule has 1 saturated heterocycles. The number of Topliss-reactive ketones (excluding diaryl/α,β-unsaturated/α-hetero) is 1. The molecule has 0 N–H and O–H groups in total. The molecule has 5 heteroatoms. The van der Waals surface area contributed by atoms with Crippen LogP contribution < -0.4 is 0 Å². The number of nitriles is 1. The normalized spacial score (nSPS) is 25.4. The van der Waals surface area contributed by atoms with Gasteiger partial charge in [-0.25, -0.2) is 4.79 Å². The Balaban J connectivity index is 2.73. The Bertz CT molecular complexity index is 351. The fourth-order valence-corrected chi connectivity index (χ4v) is 1.55. The lowest BCUT2D eigenvalue weighted by atomic mass is 10.1. The molecule has 1 aliphatic rings. The maximum absolute atomic E-state index is 11.7. The number of rotatable bonds is 0. The SMILES string of the molecule is C[C@H]1C(=O)C(C#N)CN1C(=O)OC(C)(C)C. The highest BCUT2D eigenvalue weighted by atomic mass is 16.6. The topological polar surface area (TPSA) is 70.4 Å². The molecule has 0 aromatic rings. The molecule has 0 aromatic carbocycles. The Kier molecular flexibility index (Phi) is 3.22. The maximum Gasteiger partial charge on any atom is 0.410 e. The summed E-state index contributed by atoms with van der Waals surface area (Å²) in [7, 11) is 0. The van der Waals surface area contributed by atoms with Crippen LogP contribution in [0.4, 0.5) is 4.79 Å². The van der Waals surface area contributed by atoms with Crippen molar-refractivity contribution in [2.75, 3.05) is 6.54 Å². The molecule has 2 atom stereocenters. The number of hydrogen-bond acceptors (Lipinski definition) is 4. The molecule has 5 nitrogen and oxygen atoms in total. The zero-order chi connectivity index (χ0) is 12.5. The lowest BCUT2D eigenvalue weighted by Gasteiger charge is -2.26. The predicted octanol–water partition coefficient (Wildman–Crippen LogP) is 1.33. The van der Waals surface area contributed by atoms with Crippen molar-refractivity contribution in [3.63, 3.8) is 0 Å². The van der Waals surface area contributed by atoms with Gasteiger partial charge in [-0.3, -0.25) is 9.69 Å². The lowest BCUT2D eigenvalue weighted by molar-refractivity contribution is -0.121. The van der Waals surface area contributed by atoms with Crippen molar-refractivity contribution in [3.05, 3.63) is 0 Å². The highest BCUT2D eigenvalue weighted by Gasteiger charge is 2.41. The van der Waals surface area contributed by atoms with E-state index in [1.54, 1.807) is 27.7 Å². The van der Waals surface area contributed by atoms with E-state index in [0.29, 0.717) is 0 Å². The Labute approximate surface area is 95.0 Å². The zero-order valence-electron chi connectivity index (χ0n) is 9.98. The smallest absolute Gasteiger partial charge is 0.410 e. The number of carbonyl (C=O) groups excluding carboxylic acids is 2. The molecule has 1 unspecified atom stereocenters. The first kappa shape index (κ1) is 12.5. The molecule has 0 bridgehead atoms. The van der Waals surface area contributed by atoms with Crippen molar-refractivity contribution in [1.29, 1.82) is 5.26 Å². The summed E-state index contributed by atoms with van der Waals surface area (Å²) in [6.07, 6.45) is -0.536. The largest absolute Gasteiger partial charge is 0.444 e. The number of likely N-dealkylation sites (tertiary alicyclic amines) is 1. The third-order valence-electron chi connectivity index (χ3n) is 2.39. The number of ether oxygens (including phenoxy) is 1. The second-order valence-corrected chi connectivity index (χ2v) is 4.89. The van der Waals surface area contributed by atoms with E-state index >= 15 is 0 Å². The van der Waals surface area contributed by atoms with Gasteiger partial charge < -0.3 is 4.74 Å². The Morgan fingerprint density at radius 1 is 1.56 bits per heavy atom. The molecule has 0 aromatic heterocycles. The van der Waals surface area contributed by atoms with Crippen molar-refractivity contribution in [2.24, 2.45) is 5.92 Å². The van der Waals surface area contributed by atoms with Gasteiger partial charge in [0.1, 0.15) is 11.5 Å². The average molecular weight is 224 g/mol. The molecule has 88 valence electrons. The van der Waals surface area contributed by atoms with E-state index < -0.39 is 23.7 Å². The van der Waals surface area contributed by atoms with E-state index in [0.717, 1.165) is 0 Å². The molecular weight excluding hydrogens is 208 g/mol. The van der Waals surface area contributed by atoms with Gasteiger partial charge in [0, 0.05) is 6.54 Å². The van der Waals surface area contributed by atoms with Crippen LogP contribution in [0.2, 0.25) is 0 Å². The first-order chi connectivity index (χ1) is 7.26. The van der Waals surface area contributed by atoms with Crippen LogP contribution in [-0.2, 0) is 9.53 Å². The average Bonchev–Trinajstić information content (AvgIpc) is 2.41. The maximum atomic E-state index is 11.7. The summed E-state index contributed by atoms with van der Waals surface area (Å²) in [6, 6.07) is 1.32. The van der Waals surface area contributed by atoms with Crippen molar-refractivity contribution in [2.45, 2.75) is 39.3 Å². The number of nitrogens with zero attached hydrogens (tertiary/aromatic N) is 2. The van der Waals surface area contributed by atoms with Crippen molar-refractivity contribution >= 4 is 11.9 Å². The molecule has 0 radical (unpaired) electrons. The summed E-state index contributed by atoms with van der Waals surface area (Å²) in [5, 5.41) is 8.74. The molecule has 0 aliphatic carbocycles. The van der Waals surface area contributed by atoms with E-state index in [1.807, 2.05) is 6.07 Å². The molecule has 16 heavy (non-hydrogen) atoms. The monoisotopic (exact) mass is 224 g/mol. The van der Waals surface area contributed by atoms with Crippen LogP contribution in [0.25, 0.3) is 0 Å². The zero-order valence-corrected chi connectivity index (χ0v) is 9.98. The van der Waals surface area contributed by atoms with E-state index in [2.05, 4.69) is 0 Å². The highest BCUT2D eigenvalue weighted by molar-refractivity contribution is 5.94. The van der Waals surface area contributed by atoms with Gasteiger partial charge in [0.15, 0.2) is 5.78 Å². The molecule has 1 heterocycles. The Morgan fingerprint density at radius 2 is 2.12 bits per heavy atom. The van der Waals surface area contributed by atoms with Crippen LogP contribution in [0.15, 0.2) is 0 Å². The lowest BCUT2D eigenvalue weighted by Crippen LogP contribution is -2.40. The highest BCUT2D eigenvalue weighted by Crippen LogP contribution is 2.21. The van der Waals surface area contributed by atoms with Crippen LogP contribution in [0.3, 0.4) is 0 Å². The van der Waals surface area contributed by atoms with Gasteiger partial charge in [-0.1, -0.05) is 0 Å². The van der Waals surface area contributed by atoms with E-state index in [1.165, 1.54) is 4.90 Å². The van der Waals surface area contributed by atoms with Gasteiger partial charge in [0.2, 0.25) is 0 Å². The van der Waals surface area contributed by atoms with Crippen molar-refractivity contribution in [3.8, 4) is 6.07 Å². The minimum absolute atomic E-state index is 0.130. The second kappa shape index (κ2) is 4.12. The van der Waals surface area contributed by atoms with Crippen LogP contribution in [0.5, 0.6) is 0 Å². The summed E-state index contributed by atoms with van der Waals surface area (Å²) < 4.78 is 5.16. The Hall–Kier alpha value is -1.57. The fourth-order valence-electron chi connectivity index (χ4n) is 1.55. The molecule has 1 fully saturated rings. The van der Waals surface area contributed by atoms with Crippen molar-refractivity contribution in [1.82, 2.24) is 4.90 Å². The number of hydrogen-bond donors (Lipinski definition) is 0. The third kappa shape index (κ3) is 2.51. The molecule has 1 aliphatic heterocycles. The van der Waals surface area contributed by atoms with Crippen LogP contribution in [0.1, 0.15) is 27.7 Å². The molecule has 0 saturated carbocycles. The van der Waals surface area contributed by atoms with Gasteiger partial charge in [-0.05, 0) is 27.7 Å². The fraction of sp³-hybridized carbons (Fsp3) is 0.727. The van der Waals surface area contributed by atoms with Crippen molar-refractivity contribution < 1.29 is 14.3 Å². The minimum Gasteiger partial charge on any atom is -0.444 e. The second-order valence-electron chi connectivity index (χ2n) is 4.89. The first-order valence-corrected chi connectivity index (χ1v) is 5.19. The number of ketones is 1. The van der Waals surface area contributed by atoms with Crippen LogP contribution in [0, 0.1) is 17.2 Å². The summed E-state index contributed by atoms with van der Waals surface area (Å²) in [5.74, 6) is -0.934. The molecule has 1 amide bonds. The summed E-state index contributed by atoms with van der Waals surface area (Å²) in [6.45, 7) is 7.02. The van der Waals surface area contributed by atoms with Gasteiger partial charge >= 0.3 is 6.09 Å². The Morgan fingerprint density at radius 3 is 2.50 bits per heavy atom. The van der Waals surface area contributed by atoms with Crippen LogP contribution >= 0.6 is 0 Å². The van der Waals surface area contributed by atoms with Gasteiger partial charge in [-0.2, -0.15) is 5.26 Å². The van der Waals surface area contributed by atoms with E-state index in [-0.39, 0.29) is 12.3 Å². The summed E-state index contributed by atoms with van der Waals surface area (Å²) >= 11 is 0. The molecule has 1 rings (SSSR count). The van der Waals surface area contributed by atoms with Gasteiger partial charge in [-0.15, -0.1) is 0 Å². The molecular formula is C11H16N2O3.